The van der Waals surface area contributed by atoms with Gasteiger partial charge in [-0.3, -0.25) is 10.1 Å². The van der Waals surface area contributed by atoms with Gasteiger partial charge in [-0.1, -0.05) is 13.8 Å². The molecule has 0 aliphatic heterocycles. The number of amides is 3. The van der Waals surface area contributed by atoms with Crippen LogP contribution >= 0.6 is 0 Å². The number of primary amides is 1. The lowest BCUT2D eigenvalue weighted by atomic mass is 10.1. The van der Waals surface area contributed by atoms with Crippen molar-refractivity contribution < 1.29 is 28.3 Å². The van der Waals surface area contributed by atoms with Gasteiger partial charge in [-0.25, -0.2) is 9.59 Å². The van der Waals surface area contributed by atoms with Gasteiger partial charge in [0.1, 0.15) is 11.3 Å². The van der Waals surface area contributed by atoms with Crippen molar-refractivity contribution in [3.63, 3.8) is 0 Å². The van der Waals surface area contributed by atoms with E-state index in [1.54, 1.807) is 39.0 Å². The maximum absolute atomic E-state index is 12.5. The topological polar surface area (TPSA) is 121 Å². The summed E-state index contributed by atoms with van der Waals surface area (Å²) < 4.78 is 15.9. The third-order valence-corrected chi connectivity index (χ3v) is 3.67. The summed E-state index contributed by atoms with van der Waals surface area (Å²) in [6.45, 7) is 5.06. The van der Waals surface area contributed by atoms with E-state index in [0.717, 1.165) is 0 Å². The quantitative estimate of drug-likeness (QED) is 0.798. The smallest absolute Gasteiger partial charge is 0.375 e. The summed E-state index contributed by atoms with van der Waals surface area (Å²) in [5, 5.41) is 2.62. The molecule has 1 aromatic heterocycles. The van der Waals surface area contributed by atoms with E-state index < -0.39 is 24.0 Å². The maximum atomic E-state index is 12.5. The third kappa shape index (κ3) is 3.90. The highest BCUT2D eigenvalue weighted by Crippen LogP contribution is 2.29. The number of nitrogens with one attached hydrogen (secondary N) is 1. The molecule has 1 heterocycles. The molecule has 0 bridgehead atoms. The molecule has 2 rings (SSSR count). The summed E-state index contributed by atoms with van der Waals surface area (Å²) in [6.07, 6.45) is -1.18. The minimum Gasteiger partial charge on any atom is -0.497 e. The highest BCUT2D eigenvalue weighted by atomic mass is 16.6. The highest BCUT2D eigenvalue weighted by Gasteiger charge is 2.30. The van der Waals surface area contributed by atoms with Crippen molar-refractivity contribution in [2.75, 3.05) is 7.11 Å². The summed E-state index contributed by atoms with van der Waals surface area (Å²) in [5.74, 6) is -1.34. The van der Waals surface area contributed by atoms with Crippen LogP contribution in [0.1, 0.15) is 30.0 Å². The van der Waals surface area contributed by atoms with Gasteiger partial charge in [0.15, 0.2) is 6.10 Å². The minimum absolute atomic E-state index is 0.0132. The van der Waals surface area contributed by atoms with E-state index in [1.165, 1.54) is 7.11 Å². The largest absolute Gasteiger partial charge is 0.497 e. The van der Waals surface area contributed by atoms with Crippen molar-refractivity contribution in [2.45, 2.75) is 26.9 Å². The van der Waals surface area contributed by atoms with Crippen molar-refractivity contribution >= 4 is 28.9 Å². The summed E-state index contributed by atoms with van der Waals surface area (Å²) in [5.41, 5.74) is 5.99. The van der Waals surface area contributed by atoms with Crippen molar-refractivity contribution in [1.29, 1.82) is 0 Å². The molecule has 1 aromatic carbocycles. The number of urea groups is 1. The molecule has 3 N–H and O–H groups in total. The molecule has 0 aliphatic carbocycles. The van der Waals surface area contributed by atoms with E-state index in [0.29, 0.717) is 22.3 Å². The number of nitrogens with two attached hydrogens (primary N) is 1. The molecule has 25 heavy (non-hydrogen) atoms. The van der Waals surface area contributed by atoms with Crippen LogP contribution in [0.15, 0.2) is 22.6 Å². The zero-order valence-corrected chi connectivity index (χ0v) is 14.4. The zero-order valence-electron chi connectivity index (χ0n) is 14.4. The molecular weight excluding hydrogens is 328 g/mol. The molecule has 3 amide bonds. The predicted octanol–water partition coefficient (Wildman–Crippen LogP) is 2.13. The van der Waals surface area contributed by atoms with Crippen molar-refractivity contribution in [2.24, 2.45) is 11.7 Å². The lowest BCUT2D eigenvalue weighted by Gasteiger charge is -2.19. The molecule has 8 heteroatoms. The number of benzene rings is 1. The number of hydrogen-bond donors (Lipinski definition) is 2. The summed E-state index contributed by atoms with van der Waals surface area (Å²) in [4.78, 5) is 35.3. The van der Waals surface area contributed by atoms with E-state index >= 15 is 0 Å². The van der Waals surface area contributed by atoms with Gasteiger partial charge in [0.25, 0.3) is 5.91 Å². The van der Waals surface area contributed by atoms with Gasteiger partial charge in [0, 0.05) is 10.9 Å². The molecule has 0 spiro atoms. The highest BCUT2D eigenvalue weighted by molar-refractivity contribution is 6.00. The number of carbonyl (C=O) groups excluding carboxylic acids is 3. The van der Waals surface area contributed by atoms with Gasteiger partial charge >= 0.3 is 12.0 Å². The molecule has 0 radical (unpaired) electrons. The summed E-state index contributed by atoms with van der Waals surface area (Å²) in [7, 11) is 1.54. The second kappa shape index (κ2) is 7.25. The predicted molar refractivity (Wildman–Crippen MR) is 89.3 cm³/mol. The standard InChI is InChI=1S/C17H20N2O6/c1-8(2)13(15(20)19-17(18)22)25-16(21)14-9(3)11-7-10(23-4)5-6-12(11)24-14/h5-8,13H,1-4H3,(H3,18,19,20,22)/t13-/m0/s1. The van der Waals surface area contributed by atoms with Gasteiger partial charge in [0.2, 0.25) is 5.76 Å². The number of fused-ring (bicyclic) bond motifs is 1. The molecule has 2 aromatic rings. The average Bonchev–Trinajstić information content (AvgIpc) is 2.87. The Labute approximate surface area is 144 Å². The van der Waals surface area contributed by atoms with Crippen LogP contribution in [0.2, 0.25) is 0 Å². The summed E-state index contributed by atoms with van der Waals surface area (Å²) in [6, 6.07) is 4.11. The molecule has 0 unspecified atom stereocenters. The Balaban J connectivity index is 2.30. The molecule has 134 valence electrons. The normalized spacial score (nSPS) is 12.0. The Hall–Kier alpha value is -3.03. The van der Waals surface area contributed by atoms with Gasteiger partial charge in [-0.05, 0) is 31.0 Å². The van der Waals surface area contributed by atoms with Gasteiger partial charge in [0.05, 0.1) is 7.11 Å². The second-order valence-electron chi connectivity index (χ2n) is 5.84. The Morgan fingerprint density at radius 1 is 1.24 bits per heavy atom. The zero-order chi connectivity index (χ0) is 18.7. The van der Waals surface area contributed by atoms with Crippen molar-refractivity contribution in [3.05, 3.63) is 29.5 Å². The van der Waals surface area contributed by atoms with Gasteiger partial charge in [-0.2, -0.15) is 0 Å². The lowest BCUT2D eigenvalue weighted by Crippen LogP contribution is -2.45. The first kappa shape index (κ1) is 18.3. The number of rotatable bonds is 5. The van der Waals surface area contributed by atoms with Crippen molar-refractivity contribution in [1.82, 2.24) is 5.32 Å². The first-order valence-corrected chi connectivity index (χ1v) is 7.63. The monoisotopic (exact) mass is 348 g/mol. The van der Waals surface area contributed by atoms with Crippen LogP contribution in [-0.2, 0) is 9.53 Å². The molecular formula is C17H20N2O6. The number of esters is 1. The molecule has 1 atom stereocenters. The minimum atomic E-state index is -1.18. The van der Waals surface area contributed by atoms with Gasteiger partial charge in [-0.15, -0.1) is 0 Å². The fraction of sp³-hybridized carbons (Fsp3) is 0.353. The fourth-order valence-corrected chi connectivity index (χ4v) is 2.38. The maximum Gasteiger partial charge on any atom is 0.375 e. The van der Waals surface area contributed by atoms with Crippen LogP contribution in [0.25, 0.3) is 11.0 Å². The van der Waals surface area contributed by atoms with E-state index in [4.69, 9.17) is 19.6 Å². The van der Waals surface area contributed by atoms with Crippen LogP contribution in [0, 0.1) is 12.8 Å². The van der Waals surface area contributed by atoms with Gasteiger partial charge < -0.3 is 19.6 Å². The molecule has 8 nitrogen and oxygen atoms in total. The Bertz CT molecular complexity index is 824. The van der Waals surface area contributed by atoms with E-state index in [9.17, 15) is 14.4 Å². The first-order valence-electron chi connectivity index (χ1n) is 7.63. The van der Waals surface area contributed by atoms with Crippen LogP contribution < -0.4 is 15.8 Å². The Morgan fingerprint density at radius 3 is 2.48 bits per heavy atom. The fourth-order valence-electron chi connectivity index (χ4n) is 2.38. The van der Waals surface area contributed by atoms with E-state index in [-0.39, 0.29) is 11.7 Å². The van der Waals surface area contributed by atoms with Crippen LogP contribution in [0.4, 0.5) is 4.79 Å². The number of ether oxygens (including phenoxy) is 2. The number of hydrogen-bond acceptors (Lipinski definition) is 6. The number of furan rings is 1. The molecule has 0 saturated heterocycles. The van der Waals surface area contributed by atoms with Crippen LogP contribution in [0.3, 0.4) is 0 Å². The number of imide groups is 1. The first-order chi connectivity index (χ1) is 11.7. The Kier molecular flexibility index (Phi) is 5.31. The van der Waals surface area contributed by atoms with Crippen molar-refractivity contribution in [3.8, 4) is 5.75 Å². The average molecular weight is 348 g/mol. The molecule has 0 saturated carbocycles. The molecule has 0 fully saturated rings. The van der Waals surface area contributed by atoms with E-state index in [2.05, 4.69) is 0 Å². The SMILES string of the molecule is COc1ccc2oc(C(=O)O[C@H](C(=O)NC(N)=O)C(C)C)c(C)c2c1. The lowest BCUT2D eigenvalue weighted by molar-refractivity contribution is -0.131. The number of methoxy groups -OCH3 is 1. The second-order valence-corrected chi connectivity index (χ2v) is 5.84. The van der Waals surface area contributed by atoms with Crippen LogP contribution in [-0.4, -0.2) is 31.1 Å². The van der Waals surface area contributed by atoms with Crippen LogP contribution in [0.5, 0.6) is 5.75 Å². The van der Waals surface area contributed by atoms with E-state index in [1.807, 2.05) is 5.32 Å². The third-order valence-electron chi connectivity index (χ3n) is 3.67. The number of aryl methyl sites for hydroxylation is 1. The Morgan fingerprint density at radius 2 is 1.92 bits per heavy atom. The summed E-state index contributed by atoms with van der Waals surface area (Å²) >= 11 is 0. The molecule has 0 aliphatic rings. The number of carbonyl (C=O) groups is 3.